The largest absolute Gasteiger partial charge is 0.492 e. The molecule has 1 aliphatic rings. The maximum Gasteiger partial charge on any atom is 0.310 e. The highest BCUT2D eigenvalue weighted by molar-refractivity contribution is 5.96. The summed E-state index contributed by atoms with van der Waals surface area (Å²) in [4.78, 5) is 24.6. The average molecular weight is 353 g/mol. The lowest BCUT2D eigenvalue weighted by atomic mass is 9.81. The van der Waals surface area contributed by atoms with Crippen LogP contribution in [0.1, 0.15) is 30.0 Å². The van der Waals surface area contributed by atoms with E-state index < -0.39 is 11.4 Å². The number of amides is 1. The molecule has 136 valence electrons. The standard InChI is InChI=1S/C21H23NO4/c1-3-26-18-10-14(2)8-9-17(18)22-19(23)13-21(20(24)25)11-15-6-4-5-7-16(15)12-21/h4-10H,3,11-13H2,1-2H3,(H,22,23)(H,24,25). The van der Waals surface area contributed by atoms with Gasteiger partial charge in [-0.05, 0) is 55.5 Å². The van der Waals surface area contributed by atoms with Crippen LogP contribution >= 0.6 is 0 Å². The molecule has 5 heteroatoms. The van der Waals surface area contributed by atoms with Crippen molar-refractivity contribution in [3.63, 3.8) is 0 Å². The Kier molecular flexibility index (Phi) is 4.98. The summed E-state index contributed by atoms with van der Waals surface area (Å²) in [6, 6.07) is 13.2. The summed E-state index contributed by atoms with van der Waals surface area (Å²) in [5.41, 5.74) is 2.52. The molecule has 0 aliphatic heterocycles. The summed E-state index contributed by atoms with van der Waals surface area (Å²) in [6.45, 7) is 4.31. The van der Waals surface area contributed by atoms with E-state index >= 15 is 0 Å². The van der Waals surface area contributed by atoms with Gasteiger partial charge in [-0.25, -0.2) is 0 Å². The van der Waals surface area contributed by atoms with E-state index in [4.69, 9.17) is 4.74 Å². The number of rotatable bonds is 6. The maximum atomic E-state index is 12.6. The van der Waals surface area contributed by atoms with Gasteiger partial charge in [-0.2, -0.15) is 0 Å². The number of hydrogen-bond acceptors (Lipinski definition) is 3. The number of aryl methyl sites for hydroxylation is 1. The van der Waals surface area contributed by atoms with Gasteiger partial charge in [0, 0.05) is 6.42 Å². The first kappa shape index (κ1) is 18.0. The van der Waals surface area contributed by atoms with Crippen molar-refractivity contribution in [2.75, 3.05) is 11.9 Å². The number of benzene rings is 2. The number of carbonyl (C=O) groups excluding carboxylic acids is 1. The molecule has 0 spiro atoms. The van der Waals surface area contributed by atoms with E-state index in [0.717, 1.165) is 16.7 Å². The molecule has 0 atom stereocenters. The van der Waals surface area contributed by atoms with Crippen LogP contribution in [0.3, 0.4) is 0 Å². The molecule has 0 aromatic heterocycles. The normalized spacial score (nSPS) is 14.5. The molecule has 2 aromatic rings. The van der Waals surface area contributed by atoms with Gasteiger partial charge in [0.1, 0.15) is 5.75 Å². The monoisotopic (exact) mass is 353 g/mol. The second-order valence-corrected chi connectivity index (χ2v) is 6.87. The van der Waals surface area contributed by atoms with E-state index in [9.17, 15) is 14.7 Å². The minimum atomic E-state index is -1.09. The highest BCUT2D eigenvalue weighted by atomic mass is 16.5. The van der Waals surface area contributed by atoms with Gasteiger partial charge in [-0.3, -0.25) is 9.59 Å². The van der Waals surface area contributed by atoms with E-state index in [0.29, 0.717) is 30.9 Å². The molecule has 0 saturated carbocycles. The number of hydrogen-bond donors (Lipinski definition) is 2. The van der Waals surface area contributed by atoms with Crippen molar-refractivity contribution in [2.24, 2.45) is 5.41 Å². The molecule has 3 rings (SSSR count). The summed E-state index contributed by atoms with van der Waals surface area (Å²) < 4.78 is 5.58. The zero-order valence-electron chi connectivity index (χ0n) is 15.0. The fourth-order valence-electron chi connectivity index (χ4n) is 3.56. The first-order chi connectivity index (χ1) is 12.4. The van der Waals surface area contributed by atoms with Crippen LogP contribution in [0.25, 0.3) is 0 Å². The summed E-state index contributed by atoms with van der Waals surface area (Å²) in [5.74, 6) is -0.650. The van der Waals surface area contributed by atoms with Crippen LogP contribution in [0, 0.1) is 12.3 Å². The van der Waals surface area contributed by atoms with Crippen LogP contribution in [0.15, 0.2) is 42.5 Å². The first-order valence-electron chi connectivity index (χ1n) is 8.77. The molecule has 0 saturated heterocycles. The fraction of sp³-hybridized carbons (Fsp3) is 0.333. The number of carboxylic acids is 1. The Balaban J connectivity index is 1.78. The van der Waals surface area contributed by atoms with Crippen molar-refractivity contribution in [3.05, 3.63) is 59.2 Å². The molecule has 1 amide bonds. The van der Waals surface area contributed by atoms with E-state index in [2.05, 4.69) is 5.32 Å². The zero-order valence-corrected chi connectivity index (χ0v) is 15.0. The van der Waals surface area contributed by atoms with Crippen LogP contribution in [0.2, 0.25) is 0 Å². The Morgan fingerprint density at radius 1 is 1.15 bits per heavy atom. The Morgan fingerprint density at radius 2 is 1.81 bits per heavy atom. The molecule has 2 N–H and O–H groups in total. The molecule has 26 heavy (non-hydrogen) atoms. The van der Waals surface area contributed by atoms with E-state index in [-0.39, 0.29) is 12.3 Å². The molecule has 2 aromatic carbocycles. The minimum Gasteiger partial charge on any atom is -0.492 e. The predicted molar refractivity (Wildman–Crippen MR) is 99.5 cm³/mol. The summed E-state index contributed by atoms with van der Waals surface area (Å²) >= 11 is 0. The van der Waals surface area contributed by atoms with Gasteiger partial charge in [-0.1, -0.05) is 30.3 Å². The third-order valence-corrected chi connectivity index (χ3v) is 4.84. The third-order valence-electron chi connectivity index (χ3n) is 4.84. The van der Waals surface area contributed by atoms with E-state index in [1.54, 1.807) is 6.07 Å². The first-order valence-corrected chi connectivity index (χ1v) is 8.77. The van der Waals surface area contributed by atoms with Crippen molar-refractivity contribution in [1.82, 2.24) is 0 Å². The van der Waals surface area contributed by atoms with Gasteiger partial charge >= 0.3 is 5.97 Å². The highest BCUT2D eigenvalue weighted by Gasteiger charge is 2.45. The number of fused-ring (bicyclic) bond motifs is 1. The number of aliphatic carboxylic acids is 1. The summed E-state index contributed by atoms with van der Waals surface area (Å²) in [6.07, 6.45) is 0.673. The van der Waals surface area contributed by atoms with Crippen LogP contribution in [-0.2, 0) is 22.4 Å². The van der Waals surface area contributed by atoms with Crippen molar-refractivity contribution in [1.29, 1.82) is 0 Å². The van der Waals surface area contributed by atoms with Gasteiger partial charge < -0.3 is 15.2 Å². The highest BCUT2D eigenvalue weighted by Crippen LogP contribution is 2.40. The van der Waals surface area contributed by atoms with Gasteiger partial charge in [0.15, 0.2) is 0 Å². The van der Waals surface area contributed by atoms with Crippen molar-refractivity contribution >= 4 is 17.6 Å². The van der Waals surface area contributed by atoms with Crippen molar-refractivity contribution in [2.45, 2.75) is 33.1 Å². The van der Waals surface area contributed by atoms with Crippen LogP contribution in [0.4, 0.5) is 5.69 Å². The number of ether oxygens (including phenoxy) is 1. The molecular formula is C21H23NO4. The lowest BCUT2D eigenvalue weighted by Gasteiger charge is -2.23. The minimum absolute atomic E-state index is 0.0730. The second-order valence-electron chi connectivity index (χ2n) is 6.87. The molecule has 0 radical (unpaired) electrons. The zero-order chi connectivity index (χ0) is 18.7. The Bertz CT molecular complexity index is 819. The smallest absolute Gasteiger partial charge is 0.310 e. The number of anilines is 1. The molecule has 0 heterocycles. The lowest BCUT2D eigenvalue weighted by molar-refractivity contribution is -0.150. The molecular weight excluding hydrogens is 330 g/mol. The third kappa shape index (κ3) is 3.57. The topological polar surface area (TPSA) is 75.6 Å². The molecule has 0 unspecified atom stereocenters. The molecule has 0 bridgehead atoms. The average Bonchev–Trinajstić information content (AvgIpc) is 2.97. The predicted octanol–water partition coefficient (Wildman–Crippen LogP) is 3.59. The van der Waals surface area contributed by atoms with E-state index in [1.807, 2.05) is 50.2 Å². The Labute approximate surface area is 153 Å². The van der Waals surface area contributed by atoms with Gasteiger partial charge in [0.25, 0.3) is 0 Å². The summed E-state index contributed by atoms with van der Waals surface area (Å²) in [7, 11) is 0. The van der Waals surface area contributed by atoms with Crippen molar-refractivity contribution < 1.29 is 19.4 Å². The van der Waals surface area contributed by atoms with Gasteiger partial charge in [0.2, 0.25) is 5.91 Å². The van der Waals surface area contributed by atoms with Gasteiger partial charge in [0.05, 0.1) is 17.7 Å². The number of nitrogens with one attached hydrogen (secondary N) is 1. The number of carbonyl (C=O) groups is 2. The fourth-order valence-corrected chi connectivity index (χ4v) is 3.56. The van der Waals surface area contributed by atoms with Crippen LogP contribution < -0.4 is 10.1 Å². The van der Waals surface area contributed by atoms with Gasteiger partial charge in [-0.15, -0.1) is 0 Å². The SMILES string of the molecule is CCOc1cc(C)ccc1NC(=O)CC1(C(=O)O)Cc2ccccc2C1. The molecule has 1 aliphatic carbocycles. The molecule has 0 fully saturated rings. The second kappa shape index (κ2) is 7.20. The maximum absolute atomic E-state index is 12.6. The van der Waals surface area contributed by atoms with E-state index in [1.165, 1.54) is 0 Å². The van der Waals surface area contributed by atoms with Crippen molar-refractivity contribution in [3.8, 4) is 5.75 Å². The summed E-state index contributed by atoms with van der Waals surface area (Å²) in [5, 5.41) is 12.7. The Morgan fingerprint density at radius 3 is 2.38 bits per heavy atom. The quantitative estimate of drug-likeness (QED) is 0.832. The van der Waals surface area contributed by atoms with Crippen LogP contribution in [-0.4, -0.2) is 23.6 Å². The number of carboxylic acid groups (broad SMARTS) is 1. The lowest BCUT2D eigenvalue weighted by Crippen LogP contribution is -2.36. The van der Waals surface area contributed by atoms with Crippen LogP contribution in [0.5, 0.6) is 5.75 Å². The Hall–Kier alpha value is -2.82. The molecule has 5 nitrogen and oxygen atoms in total.